The maximum atomic E-state index is 11.9. The predicted molar refractivity (Wildman–Crippen MR) is 75.7 cm³/mol. The van der Waals surface area contributed by atoms with Crippen molar-refractivity contribution in [2.75, 3.05) is 13.1 Å². The highest BCUT2D eigenvalue weighted by atomic mass is 16.3. The van der Waals surface area contributed by atoms with Crippen LogP contribution in [0.15, 0.2) is 24.3 Å². The zero-order valence-electron chi connectivity index (χ0n) is 12.0. The van der Waals surface area contributed by atoms with Gasteiger partial charge in [0.1, 0.15) is 0 Å². The first-order valence-corrected chi connectivity index (χ1v) is 6.99. The van der Waals surface area contributed by atoms with E-state index in [2.05, 4.69) is 13.8 Å². The molecule has 1 aliphatic rings. The molecule has 3 heteroatoms. The van der Waals surface area contributed by atoms with Gasteiger partial charge in [-0.2, -0.15) is 0 Å². The van der Waals surface area contributed by atoms with Gasteiger partial charge in [0.25, 0.3) is 0 Å². The SMILES string of the molecule is Cc1cccc(C(O)CN2CC(C(C)C)CC2=O)c1. The maximum Gasteiger partial charge on any atom is 0.223 e. The number of rotatable bonds is 4. The summed E-state index contributed by atoms with van der Waals surface area (Å²) in [4.78, 5) is 13.7. The molecule has 2 unspecified atom stereocenters. The molecule has 1 fully saturated rings. The quantitative estimate of drug-likeness (QED) is 0.904. The van der Waals surface area contributed by atoms with E-state index in [0.29, 0.717) is 24.8 Å². The number of amides is 1. The molecule has 0 radical (unpaired) electrons. The molecule has 104 valence electrons. The Labute approximate surface area is 115 Å². The monoisotopic (exact) mass is 261 g/mol. The maximum absolute atomic E-state index is 11.9. The number of nitrogens with zero attached hydrogens (tertiary/aromatic N) is 1. The Bertz CT molecular complexity index is 456. The average Bonchev–Trinajstić information content (AvgIpc) is 2.71. The highest BCUT2D eigenvalue weighted by Crippen LogP contribution is 2.26. The summed E-state index contributed by atoms with van der Waals surface area (Å²) in [5.74, 6) is 1.12. The van der Waals surface area contributed by atoms with Gasteiger partial charge in [0.05, 0.1) is 12.6 Å². The Balaban J connectivity index is 2.00. The number of likely N-dealkylation sites (tertiary alicyclic amines) is 1. The number of aliphatic hydroxyl groups is 1. The first kappa shape index (κ1) is 14.1. The number of carbonyl (C=O) groups excluding carboxylic acids is 1. The van der Waals surface area contributed by atoms with Gasteiger partial charge in [-0.25, -0.2) is 0 Å². The van der Waals surface area contributed by atoms with Crippen LogP contribution in [0.25, 0.3) is 0 Å². The van der Waals surface area contributed by atoms with Gasteiger partial charge in [0, 0.05) is 13.0 Å². The van der Waals surface area contributed by atoms with Crippen LogP contribution in [0.2, 0.25) is 0 Å². The van der Waals surface area contributed by atoms with Gasteiger partial charge in [0.2, 0.25) is 5.91 Å². The lowest BCUT2D eigenvalue weighted by molar-refractivity contribution is -0.129. The van der Waals surface area contributed by atoms with Crippen molar-refractivity contribution in [2.24, 2.45) is 11.8 Å². The molecule has 0 bridgehead atoms. The third-order valence-electron chi connectivity index (χ3n) is 4.01. The summed E-state index contributed by atoms with van der Waals surface area (Å²) in [6.07, 6.45) is 0.0350. The molecule has 1 heterocycles. The molecule has 3 nitrogen and oxygen atoms in total. The molecule has 1 amide bonds. The second-order valence-corrected chi connectivity index (χ2v) is 5.94. The van der Waals surface area contributed by atoms with Gasteiger partial charge in [-0.1, -0.05) is 43.7 Å². The van der Waals surface area contributed by atoms with E-state index in [9.17, 15) is 9.90 Å². The molecular formula is C16H23NO2. The molecule has 1 N–H and O–H groups in total. The number of β-amino-alcohol motifs (C(OH)–C–C–N with tert-alkyl or cyclic N) is 1. The highest BCUT2D eigenvalue weighted by molar-refractivity contribution is 5.78. The lowest BCUT2D eigenvalue weighted by atomic mass is 9.95. The van der Waals surface area contributed by atoms with E-state index in [1.54, 1.807) is 4.90 Å². The first-order valence-electron chi connectivity index (χ1n) is 6.99. The normalized spacial score (nSPS) is 21.2. The van der Waals surface area contributed by atoms with Crippen LogP contribution in [0, 0.1) is 18.8 Å². The number of hydrogen-bond donors (Lipinski definition) is 1. The summed E-state index contributed by atoms with van der Waals surface area (Å²) in [5, 5.41) is 10.3. The molecule has 0 aliphatic carbocycles. The number of carbonyl (C=O) groups is 1. The third-order valence-corrected chi connectivity index (χ3v) is 4.01. The first-order chi connectivity index (χ1) is 8.97. The van der Waals surface area contributed by atoms with Crippen molar-refractivity contribution in [2.45, 2.75) is 33.3 Å². The number of hydrogen-bond acceptors (Lipinski definition) is 2. The summed E-state index contributed by atoms with van der Waals surface area (Å²) in [7, 11) is 0. The van der Waals surface area contributed by atoms with Gasteiger partial charge in [-0.3, -0.25) is 4.79 Å². The molecule has 1 aromatic rings. The largest absolute Gasteiger partial charge is 0.387 e. The minimum atomic E-state index is -0.588. The standard InChI is InChI=1S/C16H23NO2/c1-11(2)14-8-16(19)17(9-14)10-15(18)13-6-4-5-12(3)7-13/h4-7,11,14-15,18H,8-10H2,1-3H3. The Morgan fingerprint density at radius 2 is 2.16 bits per heavy atom. The van der Waals surface area contributed by atoms with Crippen molar-refractivity contribution in [3.8, 4) is 0 Å². The van der Waals surface area contributed by atoms with Crippen molar-refractivity contribution in [3.05, 3.63) is 35.4 Å². The predicted octanol–water partition coefficient (Wildman–Crippen LogP) is 2.53. The second kappa shape index (κ2) is 5.74. The van der Waals surface area contributed by atoms with Gasteiger partial charge >= 0.3 is 0 Å². The van der Waals surface area contributed by atoms with Crippen LogP contribution in [-0.4, -0.2) is 29.0 Å². The fourth-order valence-corrected chi connectivity index (χ4v) is 2.62. The smallest absolute Gasteiger partial charge is 0.223 e. The van der Waals surface area contributed by atoms with E-state index in [4.69, 9.17) is 0 Å². The highest BCUT2D eigenvalue weighted by Gasteiger charge is 2.32. The molecule has 0 spiro atoms. The molecule has 0 aromatic heterocycles. The van der Waals surface area contributed by atoms with Gasteiger partial charge < -0.3 is 10.0 Å². The van der Waals surface area contributed by atoms with Crippen LogP contribution in [0.1, 0.15) is 37.5 Å². The van der Waals surface area contributed by atoms with E-state index < -0.39 is 6.10 Å². The van der Waals surface area contributed by atoms with E-state index in [0.717, 1.165) is 17.7 Å². The van der Waals surface area contributed by atoms with Crippen molar-refractivity contribution >= 4 is 5.91 Å². The Morgan fingerprint density at radius 1 is 1.42 bits per heavy atom. The van der Waals surface area contributed by atoms with E-state index in [1.807, 2.05) is 31.2 Å². The minimum absolute atomic E-state index is 0.172. The zero-order chi connectivity index (χ0) is 14.0. The number of aliphatic hydroxyl groups excluding tert-OH is 1. The van der Waals surface area contributed by atoms with Gasteiger partial charge in [-0.15, -0.1) is 0 Å². The molecule has 1 saturated heterocycles. The lowest BCUT2D eigenvalue weighted by Gasteiger charge is -2.22. The van der Waals surface area contributed by atoms with Crippen molar-refractivity contribution < 1.29 is 9.90 Å². The summed E-state index contributed by atoms with van der Waals surface area (Å²) >= 11 is 0. The Hall–Kier alpha value is -1.35. The van der Waals surface area contributed by atoms with Crippen LogP contribution in [0.4, 0.5) is 0 Å². The summed E-state index contributed by atoms with van der Waals surface area (Å²) in [6, 6.07) is 7.84. The van der Waals surface area contributed by atoms with Crippen LogP contribution in [-0.2, 0) is 4.79 Å². The van der Waals surface area contributed by atoms with Crippen LogP contribution in [0.5, 0.6) is 0 Å². The second-order valence-electron chi connectivity index (χ2n) is 5.94. The van der Waals surface area contributed by atoms with E-state index in [-0.39, 0.29) is 5.91 Å². The Kier molecular flexibility index (Phi) is 4.25. The molecule has 2 rings (SSSR count). The van der Waals surface area contributed by atoms with E-state index >= 15 is 0 Å². The van der Waals surface area contributed by atoms with Gasteiger partial charge in [0.15, 0.2) is 0 Å². The Morgan fingerprint density at radius 3 is 2.74 bits per heavy atom. The minimum Gasteiger partial charge on any atom is -0.387 e. The third kappa shape index (κ3) is 3.35. The zero-order valence-corrected chi connectivity index (χ0v) is 12.0. The molecule has 2 atom stereocenters. The summed E-state index contributed by atoms with van der Waals surface area (Å²) in [5.41, 5.74) is 2.02. The summed E-state index contributed by atoms with van der Waals surface area (Å²) < 4.78 is 0. The lowest BCUT2D eigenvalue weighted by Crippen LogP contribution is -2.30. The van der Waals surface area contributed by atoms with Crippen molar-refractivity contribution in [1.29, 1.82) is 0 Å². The topological polar surface area (TPSA) is 40.5 Å². The molecule has 0 saturated carbocycles. The average molecular weight is 261 g/mol. The summed E-state index contributed by atoms with van der Waals surface area (Å²) in [6.45, 7) is 7.49. The van der Waals surface area contributed by atoms with E-state index in [1.165, 1.54) is 0 Å². The molecule has 1 aliphatic heterocycles. The van der Waals surface area contributed by atoms with Gasteiger partial charge in [-0.05, 0) is 24.3 Å². The fraction of sp³-hybridized carbons (Fsp3) is 0.562. The van der Waals surface area contributed by atoms with Crippen LogP contribution < -0.4 is 0 Å². The van der Waals surface area contributed by atoms with Crippen molar-refractivity contribution in [1.82, 2.24) is 4.90 Å². The number of benzene rings is 1. The molecule has 19 heavy (non-hydrogen) atoms. The van der Waals surface area contributed by atoms with Crippen LogP contribution >= 0.6 is 0 Å². The molecule has 1 aromatic carbocycles. The van der Waals surface area contributed by atoms with Crippen molar-refractivity contribution in [3.63, 3.8) is 0 Å². The van der Waals surface area contributed by atoms with Crippen LogP contribution in [0.3, 0.4) is 0 Å². The fourth-order valence-electron chi connectivity index (χ4n) is 2.62. The molecular weight excluding hydrogens is 238 g/mol. The number of aryl methyl sites for hydroxylation is 1.